The van der Waals surface area contributed by atoms with Gasteiger partial charge in [0, 0.05) is 16.1 Å². The number of nitrogens with one attached hydrogen (secondary N) is 1. The zero-order valence-corrected chi connectivity index (χ0v) is 8.51. The zero-order valence-electron chi connectivity index (χ0n) is 6.93. The largest absolute Gasteiger partial charge is 0.433 e. The molecule has 1 N–H and O–H groups in total. The predicted molar refractivity (Wildman–Crippen MR) is 52.6 cm³/mol. The molecule has 0 atom stereocenters. The summed E-state index contributed by atoms with van der Waals surface area (Å²) in [6, 6.07) is 5.12. The van der Waals surface area contributed by atoms with Crippen LogP contribution in [0.4, 0.5) is 8.78 Å². The molecule has 0 amide bonds. The molecule has 0 aliphatic rings. The summed E-state index contributed by atoms with van der Waals surface area (Å²) in [5.41, 5.74) is 0.577. The normalized spacial score (nSPS) is 11.1. The van der Waals surface area contributed by atoms with E-state index in [2.05, 4.69) is 25.7 Å². The van der Waals surface area contributed by atoms with Gasteiger partial charge in [-0.25, -0.2) is 0 Å². The van der Waals surface area contributed by atoms with E-state index in [0.717, 1.165) is 5.39 Å². The van der Waals surface area contributed by atoms with E-state index in [4.69, 9.17) is 0 Å². The molecule has 74 valence electrons. The summed E-state index contributed by atoms with van der Waals surface area (Å²) in [5.74, 6) is 0.148. The highest BCUT2D eigenvalue weighted by molar-refractivity contribution is 9.10. The molecule has 0 aliphatic carbocycles. The van der Waals surface area contributed by atoms with Crippen molar-refractivity contribution in [2.45, 2.75) is 6.61 Å². The molecule has 0 radical (unpaired) electrons. The number of benzene rings is 1. The highest BCUT2D eigenvalue weighted by Crippen LogP contribution is 2.29. The number of alkyl halides is 2. The van der Waals surface area contributed by atoms with E-state index in [1.807, 2.05) is 6.07 Å². The van der Waals surface area contributed by atoms with Crippen LogP contribution in [-0.4, -0.2) is 11.6 Å². The maximum absolute atomic E-state index is 12.0. The number of H-pyrrole nitrogens is 1. The molecular formula is C9H6BrF2NO. The summed E-state index contributed by atoms with van der Waals surface area (Å²) in [7, 11) is 0. The molecular weight excluding hydrogens is 256 g/mol. The van der Waals surface area contributed by atoms with Crippen LogP contribution >= 0.6 is 15.9 Å². The van der Waals surface area contributed by atoms with Crippen LogP contribution in [0.15, 0.2) is 28.9 Å². The van der Waals surface area contributed by atoms with Crippen molar-refractivity contribution in [3.05, 3.63) is 28.9 Å². The van der Waals surface area contributed by atoms with E-state index in [1.165, 1.54) is 6.07 Å². The van der Waals surface area contributed by atoms with E-state index in [0.29, 0.717) is 9.99 Å². The van der Waals surface area contributed by atoms with Crippen LogP contribution in [0.2, 0.25) is 0 Å². The van der Waals surface area contributed by atoms with Crippen molar-refractivity contribution in [2.24, 2.45) is 0 Å². The fraction of sp³-hybridized carbons (Fsp3) is 0.111. The molecule has 1 heterocycles. The number of hydrogen-bond acceptors (Lipinski definition) is 1. The third-order valence-electron chi connectivity index (χ3n) is 1.80. The third kappa shape index (κ3) is 1.72. The third-order valence-corrected chi connectivity index (χ3v) is 2.26. The summed E-state index contributed by atoms with van der Waals surface area (Å²) >= 11 is 3.22. The van der Waals surface area contributed by atoms with Gasteiger partial charge in [-0.3, -0.25) is 0 Å². The van der Waals surface area contributed by atoms with Gasteiger partial charge in [-0.1, -0.05) is 15.9 Å². The van der Waals surface area contributed by atoms with Gasteiger partial charge >= 0.3 is 6.61 Å². The van der Waals surface area contributed by atoms with Crippen molar-refractivity contribution in [1.29, 1.82) is 0 Å². The van der Waals surface area contributed by atoms with Crippen molar-refractivity contribution >= 4 is 26.8 Å². The summed E-state index contributed by atoms with van der Waals surface area (Å²) in [6.07, 6.45) is 1.68. The van der Waals surface area contributed by atoms with Crippen molar-refractivity contribution in [3.63, 3.8) is 0 Å². The lowest BCUT2D eigenvalue weighted by molar-refractivity contribution is -0.0489. The van der Waals surface area contributed by atoms with Gasteiger partial charge in [-0.2, -0.15) is 8.78 Å². The van der Waals surface area contributed by atoms with E-state index in [1.54, 1.807) is 12.3 Å². The molecule has 14 heavy (non-hydrogen) atoms. The van der Waals surface area contributed by atoms with Crippen molar-refractivity contribution in [3.8, 4) is 5.75 Å². The summed E-state index contributed by atoms with van der Waals surface area (Å²) < 4.78 is 29.2. The first-order chi connectivity index (χ1) is 6.66. The topological polar surface area (TPSA) is 25.0 Å². The Morgan fingerprint density at radius 2 is 2.14 bits per heavy atom. The Hall–Kier alpha value is -1.10. The molecule has 0 unspecified atom stereocenters. The van der Waals surface area contributed by atoms with Crippen LogP contribution in [-0.2, 0) is 0 Å². The Labute approximate surface area is 87.0 Å². The van der Waals surface area contributed by atoms with Crippen LogP contribution in [0.1, 0.15) is 0 Å². The molecule has 0 saturated heterocycles. The Kier molecular flexibility index (Phi) is 2.41. The second-order valence-corrected chi connectivity index (χ2v) is 3.64. The second-order valence-electron chi connectivity index (χ2n) is 2.72. The Morgan fingerprint density at radius 3 is 2.86 bits per heavy atom. The fourth-order valence-electron chi connectivity index (χ4n) is 1.29. The van der Waals surface area contributed by atoms with Gasteiger partial charge in [-0.05, 0) is 18.2 Å². The van der Waals surface area contributed by atoms with Crippen LogP contribution in [0, 0.1) is 0 Å². The average molecular weight is 262 g/mol. The maximum atomic E-state index is 12.0. The fourth-order valence-corrected chi connectivity index (χ4v) is 1.75. The number of ether oxygens (including phenoxy) is 1. The highest BCUT2D eigenvalue weighted by atomic mass is 79.9. The van der Waals surface area contributed by atoms with Gasteiger partial charge in [-0.15, -0.1) is 0 Å². The van der Waals surface area contributed by atoms with Gasteiger partial charge in [0.25, 0.3) is 0 Å². The zero-order chi connectivity index (χ0) is 10.1. The first-order valence-corrected chi connectivity index (χ1v) is 4.67. The standard InChI is InChI=1S/C9H6BrF2NO/c10-6-3-5-1-2-13-8(5)7(4-6)14-9(11)12/h1-4,9,13H. The molecule has 0 fully saturated rings. The van der Waals surface area contributed by atoms with Crippen molar-refractivity contribution in [2.75, 3.05) is 0 Å². The first kappa shape index (κ1) is 9.45. The summed E-state index contributed by atoms with van der Waals surface area (Å²) in [4.78, 5) is 2.84. The Morgan fingerprint density at radius 1 is 1.36 bits per heavy atom. The number of aromatic amines is 1. The molecule has 1 aromatic heterocycles. The summed E-state index contributed by atoms with van der Waals surface area (Å²) in [6.45, 7) is -2.81. The molecule has 0 saturated carbocycles. The van der Waals surface area contributed by atoms with E-state index in [-0.39, 0.29) is 5.75 Å². The number of halogens is 3. The van der Waals surface area contributed by atoms with E-state index < -0.39 is 6.61 Å². The SMILES string of the molecule is FC(F)Oc1cc(Br)cc2cc[nH]c12. The molecule has 0 spiro atoms. The quantitative estimate of drug-likeness (QED) is 0.879. The first-order valence-electron chi connectivity index (χ1n) is 3.88. The van der Waals surface area contributed by atoms with Crippen LogP contribution in [0.5, 0.6) is 5.75 Å². The Bertz CT molecular complexity index is 455. The highest BCUT2D eigenvalue weighted by Gasteiger charge is 2.10. The van der Waals surface area contributed by atoms with Crippen LogP contribution < -0.4 is 4.74 Å². The smallest absolute Gasteiger partial charge is 0.387 e. The van der Waals surface area contributed by atoms with Gasteiger partial charge in [0.15, 0.2) is 5.75 Å². The minimum atomic E-state index is -2.81. The van der Waals surface area contributed by atoms with Crippen LogP contribution in [0.25, 0.3) is 10.9 Å². The lowest BCUT2D eigenvalue weighted by Gasteiger charge is -2.06. The van der Waals surface area contributed by atoms with Gasteiger partial charge < -0.3 is 9.72 Å². The monoisotopic (exact) mass is 261 g/mol. The minimum Gasteiger partial charge on any atom is -0.433 e. The molecule has 2 nitrogen and oxygen atoms in total. The second kappa shape index (κ2) is 3.57. The average Bonchev–Trinajstić information content (AvgIpc) is 2.50. The molecule has 0 bridgehead atoms. The molecule has 1 aromatic carbocycles. The van der Waals surface area contributed by atoms with E-state index >= 15 is 0 Å². The summed E-state index contributed by atoms with van der Waals surface area (Å²) in [5, 5.41) is 0.829. The number of rotatable bonds is 2. The Balaban J connectivity index is 2.55. The minimum absolute atomic E-state index is 0.148. The molecule has 0 aliphatic heterocycles. The van der Waals surface area contributed by atoms with Crippen LogP contribution in [0.3, 0.4) is 0 Å². The number of aromatic nitrogens is 1. The van der Waals surface area contributed by atoms with Gasteiger partial charge in [0.05, 0.1) is 5.52 Å². The number of hydrogen-bond donors (Lipinski definition) is 1. The molecule has 2 rings (SSSR count). The van der Waals surface area contributed by atoms with Crippen molar-refractivity contribution in [1.82, 2.24) is 4.98 Å². The van der Waals surface area contributed by atoms with Gasteiger partial charge in [0.1, 0.15) is 0 Å². The lowest BCUT2D eigenvalue weighted by Crippen LogP contribution is -2.02. The predicted octanol–water partition coefficient (Wildman–Crippen LogP) is 3.53. The maximum Gasteiger partial charge on any atom is 0.387 e. The molecule has 2 aromatic rings. The number of fused-ring (bicyclic) bond motifs is 1. The van der Waals surface area contributed by atoms with Crippen molar-refractivity contribution < 1.29 is 13.5 Å². The lowest BCUT2D eigenvalue weighted by atomic mass is 10.2. The van der Waals surface area contributed by atoms with E-state index in [9.17, 15) is 8.78 Å². The molecule has 5 heteroatoms. The van der Waals surface area contributed by atoms with Gasteiger partial charge in [0.2, 0.25) is 0 Å².